The van der Waals surface area contributed by atoms with E-state index in [1.807, 2.05) is 0 Å². The molecule has 17 heavy (non-hydrogen) atoms. The van der Waals surface area contributed by atoms with Gasteiger partial charge in [-0.3, -0.25) is 0 Å². The fourth-order valence-corrected chi connectivity index (χ4v) is 4.03. The first-order chi connectivity index (χ1) is 8.34. The lowest BCUT2D eigenvalue weighted by molar-refractivity contribution is 0.111. The summed E-state index contributed by atoms with van der Waals surface area (Å²) >= 11 is 0. The molecule has 1 saturated carbocycles. The second-order valence-corrected chi connectivity index (χ2v) is 6.00. The van der Waals surface area contributed by atoms with Gasteiger partial charge in [-0.2, -0.15) is 0 Å². The molecule has 0 radical (unpaired) electrons. The van der Waals surface area contributed by atoms with Gasteiger partial charge in [-0.15, -0.1) is 0 Å². The molecule has 0 atom stereocenters. The summed E-state index contributed by atoms with van der Waals surface area (Å²) in [6.07, 6.45) is 9.47. The van der Waals surface area contributed by atoms with E-state index in [2.05, 4.69) is 24.3 Å². The first-order valence-electron chi connectivity index (χ1n) is 7.11. The summed E-state index contributed by atoms with van der Waals surface area (Å²) < 4.78 is 0. The lowest BCUT2D eigenvalue weighted by atomic mass is 9.65. The molecular formula is C16H23N. The Balaban J connectivity index is 1.82. The van der Waals surface area contributed by atoms with Crippen molar-refractivity contribution in [2.75, 3.05) is 6.54 Å². The fraction of sp³-hybridized carbons (Fsp3) is 0.625. The Hall–Kier alpha value is -0.820. The Kier molecular flexibility index (Phi) is 2.96. The highest BCUT2D eigenvalue weighted by molar-refractivity contribution is 5.33. The molecule has 0 heterocycles. The van der Waals surface area contributed by atoms with E-state index < -0.39 is 0 Å². The molecule has 0 aliphatic heterocycles. The average Bonchev–Trinajstić information content (AvgIpc) is 2.84. The van der Waals surface area contributed by atoms with Crippen molar-refractivity contribution in [2.45, 2.75) is 44.9 Å². The Bertz CT molecular complexity index is 365. The molecule has 2 aliphatic carbocycles. The zero-order valence-corrected chi connectivity index (χ0v) is 10.6. The molecule has 0 saturated heterocycles. The Morgan fingerprint density at radius 2 is 1.59 bits per heavy atom. The van der Waals surface area contributed by atoms with Crippen LogP contribution in [0.2, 0.25) is 0 Å². The molecule has 1 heteroatoms. The lowest BCUT2D eigenvalue weighted by Crippen LogP contribution is -2.40. The molecule has 0 amide bonds. The van der Waals surface area contributed by atoms with Gasteiger partial charge in [-0.25, -0.2) is 0 Å². The van der Waals surface area contributed by atoms with E-state index in [9.17, 15) is 0 Å². The molecule has 0 spiro atoms. The largest absolute Gasteiger partial charge is 0.330 e. The van der Waals surface area contributed by atoms with E-state index in [0.29, 0.717) is 5.41 Å². The minimum atomic E-state index is 0.456. The standard InChI is InChI=1S/C16H23N/c17-12-16(8-4-1-5-9-16)15-10-13-6-2-3-7-14(13)11-15/h2-3,6-7,15H,1,4-5,8-12,17H2. The first kappa shape index (κ1) is 11.3. The van der Waals surface area contributed by atoms with Gasteiger partial charge in [0.2, 0.25) is 0 Å². The number of fused-ring (bicyclic) bond motifs is 1. The zero-order chi connectivity index (χ0) is 11.7. The van der Waals surface area contributed by atoms with Crippen molar-refractivity contribution in [2.24, 2.45) is 17.1 Å². The van der Waals surface area contributed by atoms with Gasteiger partial charge in [-0.1, -0.05) is 43.5 Å². The quantitative estimate of drug-likeness (QED) is 0.827. The van der Waals surface area contributed by atoms with Crippen LogP contribution in [0, 0.1) is 11.3 Å². The van der Waals surface area contributed by atoms with Crippen LogP contribution in [0.1, 0.15) is 43.2 Å². The average molecular weight is 229 g/mol. The number of rotatable bonds is 2. The molecule has 0 bridgehead atoms. The topological polar surface area (TPSA) is 26.0 Å². The second-order valence-electron chi connectivity index (χ2n) is 6.00. The molecule has 1 nitrogen and oxygen atoms in total. The summed E-state index contributed by atoms with van der Waals surface area (Å²) in [5, 5.41) is 0. The van der Waals surface area contributed by atoms with Crippen molar-refractivity contribution < 1.29 is 0 Å². The molecule has 1 aromatic carbocycles. The number of benzene rings is 1. The Morgan fingerprint density at radius 3 is 2.12 bits per heavy atom. The molecule has 1 fully saturated rings. The van der Waals surface area contributed by atoms with Crippen LogP contribution in [-0.2, 0) is 12.8 Å². The first-order valence-corrected chi connectivity index (χ1v) is 7.11. The molecule has 3 rings (SSSR count). The van der Waals surface area contributed by atoms with Gasteiger partial charge in [0.25, 0.3) is 0 Å². The number of nitrogens with two attached hydrogens (primary N) is 1. The second kappa shape index (κ2) is 4.45. The summed E-state index contributed by atoms with van der Waals surface area (Å²) in [4.78, 5) is 0. The van der Waals surface area contributed by atoms with Crippen molar-refractivity contribution >= 4 is 0 Å². The smallest absolute Gasteiger partial charge is 0.00176 e. The van der Waals surface area contributed by atoms with Crippen molar-refractivity contribution in [3.63, 3.8) is 0 Å². The van der Waals surface area contributed by atoms with Crippen LogP contribution >= 0.6 is 0 Å². The Morgan fingerprint density at radius 1 is 1.00 bits per heavy atom. The van der Waals surface area contributed by atoms with Gasteiger partial charge in [0, 0.05) is 0 Å². The predicted octanol–water partition coefficient (Wildman–Crippen LogP) is 3.31. The van der Waals surface area contributed by atoms with E-state index in [4.69, 9.17) is 5.73 Å². The van der Waals surface area contributed by atoms with Crippen LogP contribution in [0.15, 0.2) is 24.3 Å². The maximum absolute atomic E-state index is 6.15. The van der Waals surface area contributed by atoms with E-state index in [-0.39, 0.29) is 0 Å². The van der Waals surface area contributed by atoms with Gasteiger partial charge in [0.15, 0.2) is 0 Å². The van der Waals surface area contributed by atoms with Gasteiger partial charge < -0.3 is 5.73 Å². The maximum Gasteiger partial charge on any atom is -0.00176 e. The monoisotopic (exact) mass is 229 g/mol. The van der Waals surface area contributed by atoms with Crippen LogP contribution in [0.3, 0.4) is 0 Å². The Labute approximate surface area is 104 Å². The van der Waals surface area contributed by atoms with E-state index >= 15 is 0 Å². The summed E-state index contributed by atoms with van der Waals surface area (Å²) in [7, 11) is 0. The van der Waals surface area contributed by atoms with Crippen LogP contribution in [0.4, 0.5) is 0 Å². The van der Waals surface area contributed by atoms with Crippen molar-refractivity contribution in [1.82, 2.24) is 0 Å². The van der Waals surface area contributed by atoms with Crippen molar-refractivity contribution in [1.29, 1.82) is 0 Å². The molecule has 2 N–H and O–H groups in total. The van der Waals surface area contributed by atoms with Gasteiger partial charge >= 0.3 is 0 Å². The summed E-state index contributed by atoms with van der Waals surface area (Å²) in [5.41, 5.74) is 9.77. The number of hydrogen-bond donors (Lipinski definition) is 1. The van der Waals surface area contributed by atoms with Crippen molar-refractivity contribution in [3.05, 3.63) is 35.4 Å². The van der Waals surface area contributed by atoms with Crippen LogP contribution < -0.4 is 5.73 Å². The molecular weight excluding hydrogens is 206 g/mol. The van der Waals surface area contributed by atoms with Gasteiger partial charge in [0.05, 0.1) is 0 Å². The normalized spacial score (nSPS) is 23.6. The molecule has 0 aromatic heterocycles. The highest BCUT2D eigenvalue weighted by Gasteiger charge is 2.41. The lowest BCUT2D eigenvalue weighted by Gasteiger charge is -2.41. The molecule has 2 aliphatic rings. The number of hydrogen-bond acceptors (Lipinski definition) is 1. The highest BCUT2D eigenvalue weighted by Crippen LogP contribution is 2.47. The molecule has 1 aromatic rings. The third kappa shape index (κ3) is 1.91. The SMILES string of the molecule is NCC1(C2Cc3ccccc3C2)CCCCC1. The predicted molar refractivity (Wildman–Crippen MR) is 71.9 cm³/mol. The van der Waals surface area contributed by atoms with E-state index in [1.54, 1.807) is 11.1 Å². The fourth-order valence-electron chi connectivity index (χ4n) is 4.03. The van der Waals surface area contributed by atoms with E-state index in [1.165, 1.54) is 44.9 Å². The summed E-state index contributed by atoms with van der Waals surface area (Å²) in [6, 6.07) is 8.97. The zero-order valence-electron chi connectivity index (χ0n) is 10.6. The third-order valence-electron chi connectivity index (χ3n) is 5.17. The minimum Gasteiger partial charge on any atom is -0.330 e. The van der Waals surface area contributed by atoms with Crippen LogP contribution in [0.25, 0.3) is 0 Å². The highest BCUT2D eigenvalue weighted by atomic mass is 14.6. The summed E-state index contributed by atoms with van der Waals surface area (Å²) in [5.74, 6) is 0.810. The van der Waals surface area contributed by atoms with Crippen LogP contribution in [-0.4, -0.2) is 6.54 Å². The van der Waals surface area contributed by atoms with Gasteiger partial charge in [-0.05, 0) is 54.7 Å². The van der Waals surface area contributed by atoms with Crippen LogP contribution in [0.5, 0.6) is 0 Å². The summed E-state index contributed by atoms with van der Waals surface area (Å²) in [6.45, 7) is 0.894. The van der Waals surface area contributed by atoms with Crippen molar-refractivity contribution in [3.8, 4) is 0 Å². The minimum absolute atomic E-state index is 0.456. The molecule has 0 unspecified atom stereocenters. The third-order valence-corrected chi connectivity index (χ3v) is 5.17. The van der Waals surface area contributed by atoms with Gasteiger partial charge in [0.1, 0.15) is 0 Å². The molecule has 92 valence electrons. The maximum atomic E-state index is 6.15. The van der Waals surface area contributed by atoms with E-state index in [0.717, 1.165) is 12.5 Å².